The highest BCUT2D eigenvalue weighted by Crippen LogP contribution is 2.18. The number of nitrogens with one attached hydrogen (secondary N) is 1. The van der Waals surface area contributed by atoms with Crippen LogP contribution in [0.25, 0.3) is 0 Å². The largest absolute Gasteiger partial charge is 0.329 e. The summed E-state index contributed by atoms with van der Waals surface area (Å²) in [4.78, 5) is 0.184. The summed E-state index contributed by atoms with van der Waals surface area (Å²) in [7, 11) is -3.51. The summed E-state index contributed by atoms with van der Waals surface area (Å²) in [5.74, 6) is 0. The van der Waals surface area contributed by atoms with Crippen molar-refractivity contribution < 1.29 is 8.42 Å². The molecule has 6 nitrogen and oxygen atoms in total. The fraction of sp³-hybridized carbons (Fsp3) is 0.727. The Balaban J connectivity index is 2.92. The highest BCUT2D eigenvalue weighted by atomic mass is 32.2. The van der Waals surface area contributed by atoms with E-state index in [0.717, 1.165) is 12.8 Å². The van der Waals surface area contributed by atoms with Crippen LogP contribution in [0.1, 0.15) is 33.6 Å². The first kappa shape index (κ1) is 15.1. The summed E-state index contributed by atoms with van der Waals surface area (Å²) in [5, 5.41) is 3.97. The Labute approximate surface area is 109 Å². The molecule has 1 aromatic heterocycles. The predicted octanol–water partition coefficient (Wildman–Crippen LogP) is 0.699. The molecule has 0 spiro atoms. The standard InChI is InChI=1S/C11H22N4O2S/c1-4-11(3,5-2)14-18(16,17)10-8-13-15(9-10)7-6-12/h8-9,14H,4-7,12H2,1-3H3. The Kier molecular flexibility index (Phi) is 4.89. The van der Waals surface area contributed by atoms with Crippen LogP contribution in [0.3, 0.4) is 0 Å². The van der Waals surface area contributed by atoms with Crippen LogP contribution in [-0.4, -0.2) is 30.3 Å². The maximum atomic E-state index is 12.2. The van der Waals surface area contributed by atoms with E-state index in [-0.39, 0.29) is 4.90 Å². The Morgan fingerprint density at radius 3 is 2.56 bits per heavy atom. The predicted molar refractivity (Wildman–Crippen MR) is 70.6 cm³/mol. The van der Waals surface area contributed by atoms with Crippen molar-refractivity contribution in [3.05, 3.63) is 12.4 Å². The van der Waals surface area contributed by atoms with Gasteiger partial charge in [-0.1, -0.05) is 13.8 Å². The van der Waals surface area contributed by atoms with Crippen molar-refractivity contribution in [3.8, 4) is 0 Å². The zero-order chi connectivity index (χ0) is 13.8. The SMILES string of the molecule is CCC(C)(CC)NS(=O)(=O)c1cnn(CCN)c1. The summed E-state index contributed by atoms with van der Waals surface area (Å²) >= 11 is 0. The molecule has 0 bridgehead atoms. The van der Waals surface area contributed by atoms with E-state index in [0.29, 0.717) is 13.1 Å². The van der Waals surface area contributed by atoms with Crippen molar-refractivity contribution in [2.45, 2.75) is 50.6 Å². The Bertz CT molecular complexity index is 477. The zero-order valence-corrected chi connectivity index (χ0v) is 12.0. The molecule has 1 rings (SSSR count). The lowest BCUT2D eigenvalue weighted by Crippen LogP contribution is -2.44. The van der Waals surface area contributed by atoms with Gasteiger partial charge in [0.25, 0.3) is 0 Å². The van der Waals surface area contributed by atoms with Crippen molar-refractivity contribution in [1.82, 2.24) is 14.5 Å². The number of sulfonamides is 1. The lowest BCUT2D eigenvalue weighted by molar-refractivity contribution is 0.388. The number of aromatic nitrogens is 2. The van der Waals surface area contributed by atoms with Gasteiger partial charge in [-0.3, -0.25) is 4.68 Å². The first-order valence-corrected chi connectivity index (χ1v) is 7.61. The molecule has 0 atom stereocenters. The van der Waals surface area contributed by atoms with Crippen LogP contribution in [0.2, 0.25) is 0 Å². The maximum absolute atomic E-state index is 12.2. The van der Waals surface area contributed by atoms with Crippen molar-refractivity contribution in [3.63, 3.8) is 0 Å². The normalized spacial score (nSPS) is 12.9. The summed E-state index contributed by atoms with van der Waals surface area (Å²) in [6.45, 7) is 6.76. The van der Waals surface area contributed by atoms with Gasteiger partial charge in [0.15, 0.2) is 0 Å². The first-order valence-electron chi connectivity index (χ1n) is 6.13. The molecule has 1 aromatic rings. The van der Waals surface area contributed by atoms with Gasteiger partial charge in [-0.05, 0) is 19.8 Å². The molecule has 0 aliphatic rings. The molecule has 104 valence electrons. The molecule has 0 aliphatic carbocycles. The van der Waals surface area contributed by atoms with Gasteiger partial charge in [0.05, 0.1) is 12.7 Å². The van der Waals surface area contributed by atoms with Gasteiger partial charge in [0.1, 0.15) is 4.90 Å². The van der Waals surface area contributed by atoms with Crippen LogP contribution >= 0.6 is 0 Å². The van der Waals surface area contributed by atoms with E-state index in [4.69, 9.17) is 5.73 Å². The molecule has 0 radical (unpaired) electrons. The Hall–Kier alpha value is -0.920. The summed E-state index contributed by atoms with van der Waals surface area (Å²) in [5.41, 5.74) is 4.98. The lowest BCUT2D eigenvalue weighted by Gasteiger charge is -2.27. The number of nitrogens with zero attached hydrogens (tertiary/aromatic N) is 2. The highest BCUT2D eigenvalue weighted by Gasteiger charge is 2.28. The van der Waals surface area contributed by atoms with E-state index in [1.807, 2.05) is 20.8 Å². The number of nitrogens with two attached hydrogens (primary N) is 1. The lowest BCUT2D eigenvalue weighted by atomic mass is 9.98. The average Bonchev–Trinajstić information content (AvgIpc) is 2.78. The molecule has 0 aromatic carbocycles. The quantitative estimate of drug-likeness (QED) is 0.766. The second-order valence-electron chi connectivity index (χ2n) is 4.60. The minimum Gasteiger partial charge on any atom is -0.329 e. The van der Waals surface area contributed by atoms with Crippen LogP contribution in [0.15, 0.2) is 17.3 Å². The van der Waals surface area contributed by atoms with Crippen LogP contribution in [-0.2, 0) is 16.6 Å². The molecular weight excluding hydrogens is 252 g/mol. The molecule has 0 unspecified atom stereocenters. The molecule has 7 heteroatoms. The molecular formula is C11H22N4O2S. The summed E-state index contributed by atoms with van der Waals surface area (Å²) in [6, 6.07) is 0. The van der Waals surface area contributed by atoms with Crippen LogP contribution < -0.4 is 10.5 Å². The van der Waals surface area contributed by atoms with E-state index in [1.165, 1.54) is 17.1 Å². The maximum Gasteiger partial charge on any atom is 0.244 e. The third-order valence-corrected chi connectivity index (χ3v) is 4.81. The fourth-order valence-corrected chi connectivity index (χ4v) is 3.02. The molecule has 0 aliphatic heterocycles. The van der Waals surface area contributed by atoms with Crippen molar-refractivity contribution in [2.75, 3.05) is 6.54 Å². The molecule has 0 fully saturated rings. The highest BCUT2D eigenvalue weighted by molar-refractivity contribution is 7.89. The molecule has 18 heavy (non-hydrogen) atoms. The number of hydrogen-bond acceptors (Lipinski definition) is 4. The van der Waals surface area contributed by atoms with Gasteiger partial charge in [0.2, 0.25) is 10.0 Å². The first-order chi connectivity index (χ1) is 8.37. The Morgan fingerprint density at radius 2 is 2.06 bits per heavy atom. The second-order valence-corrected chi connectivity index (χ2v) is 6.28. The average molecular weight is 274 g/mol. The van der Waals surface area contributed by atoms with E-state index in [9.17, 15) is 8.42 Å². The van der Waals surface area contributed by atoms with E-state index in [2.05, 4.69) is 9.82 Å². The summed E-state index contributed by atoms with van der Waals surface area (Å²) < 4.78 is 28.6. The molecule has 0 amide bonds. The smallest absolute Gasteiger partial charge is 0.244 e. The number of rotatable bonds is 7. The van der Waals surface area contributed by atoms with Gasteiger partial charge in [-0.2, -0.15) is 5.10 Å². The van der Waals surface area contributed by atoms with Gasteiger partial charge in [-0.15, -0.1) is 0 Å². The van der Waals surface area contributed by atoms with Crippen LogP contribution in [0.4, 0.5) is 0 Å². The third kappa shape index (κ3) is 3.54. The zero-order valence-electron chi connectivity index (χ0n) is 11.2. The number of hydrogen-bond donors (Lipinski definition) is 2. The van der Waals surface area contributed by atoms with Crippen molar-refractivity contribution >= 4 is 10.0 Å². The second kappa shape index (κ2) is 5.81. The van der Waals surface area contributed by atoms with Gasteiger partial charge < -0.3 is 5.73 Å². The van der Waals surface area contributed by atoms with E-state index >= 15 is 0 Å². The molecule has 0 saturated carbocycles. The fourth-order valence-electron chi connectivity index (χ4n) is 1.52. The minimum absolute atomic E-state index is 0.184. The third-order valence-electron chi connectivity index (χ3n) is 3.22. The van der Waals surface area contributed by atoms with Crippen molar-refractivity contribution in [2.24, 2.45) is 5.73 Å². The van der Waals surface area contributed by atoms with Crippen LogP contribution in [0, 0.1) is 0 Å². The monoisotopic (exact) mass is 274 g/mol. The van der Waals surface area contributed by atoms with E-state index < -0.39 is 15.6 Å². The van der Waals surface area contributed by atoms with Gasteiger partial charge >= 0.3 is 0 Å². The Morgan fingerprint density at radius 1 is 1.44 bits per heavy atom. The van der Waals surface area contributed by atoms with Crippen molar-refractivity contribution in [1.29, 1.82) is 0 Å². The minimum atomic E-state index is -3.51. The topological polar surface area (TPSA) is 90.0 Å². The molecule has 3 N–H and O–H groups in total. The molecule has 1 heterocycles. The van der Waals surface area contributed by atoms with Gasteiger partial charge in [0, 0.05) is 18.3 Å². The van der Waals surface area contributed by atoms with Gasteiger partial charge in [-0.25, -0.2) is 13.1 Å². The van der Waals surface area contributed by atoms with E-state index in [1.54, 1.807) is 0 Å². The summed E-state index contributed by atoms with van der Waals surface area (Å²) in [6.07, 6.45) is 4.32. The molecule has 0 saturated heterocycles. The van der Waals surface area contributed by atoms with Crippen LogP contribution in [0.5, 0.6) is 0 Å².